The van der Waals surface area contributed by atoms with Gasteiger partial charge in [0.25, 0.3) is 12.3 Å². The molecule has 0 saturated heterocycles. The lowest BCUT2D eigenvalue weighted by atomic mass is 10.1. The van der Waals surface area contributed by atoms with Crippen LogP contribution < -0.4 is 11.5 Å². The number of nitrogen functional groups attached to an aromatic ring is 1. The summed E-state index contributed by atoms with van der Waals surface area (Å²) in [7, 11) is 0. The first kappa shape index (κ1) is 10.8. The number of carbonyl (C=O) groups is 1. The van der Waals surface area contributed by atoms with E-state index in [2.05, 4.69) is 4.98 Å². The van der Waals surface area contributed by atoms with Crippen molar-refractivity contribution in [3.63, 3.8) is 0 Å². The van der Waals surface area contributed by atoms with E-state index in [4.69, 9.17) is 16.7 Å². The van der Waals surface area contributed by atoms with Crippen LogP contribution in [0.15, 0.2) is 6.20 Å². The molecule has 1 aromatic rings. The van der Waals surface area contributed by atoms with Crippen LogP contribution in [0.5, 0.6) is 0 Å². The molecule has 1 rings (SSSR count). The van der Waals surface area contributed by atoms with Crippen molar-refractivity contribution >= 4 is 11.6 Å². The highest BCUT2D eigenvalue weighted by Crippen LogP contribution is 2.29. The third-order valence-electron chi connectivity index (χ3n) is 1.75. The average Bonchev–Trinajstić information content (AvgIpc) is 2.15. The van der Waals surface area contributed by atoms with Crippen molar-refractivity contribution in [2.75, 3.05) is 5.73 Å². The molecular weight excluding hydrogens is 206 g/mol. The molecule has 78 valence electrons. The van der Waals surface area contributed by atoms with E-state index in [0.29, 0.717) is 0 Å². The van der Waals surface area contributed by atoms with Crippen LogP contribution in [0.3, 0.4) is 0 Å². The smallest absolute Gasteiger partial charge is 0.268 e. The third-order valence-corrected chi connectivity index (χ3v) is 1.75. The quantitative estimate of drug-likeness (QED) is 0.747. The average molecular weight is 212 g/mol. The van der Waals surface area contributed by atoms with Crippen molar-refractivity contribution in [1.82, 2.24) is 4.98 Å². The molecule has 1 heterocycles. The molecule has 0 atom stereocenters. The van der Waals surface area contributed by atoms with Crippen molar-refractivity contribution in [3.05, 3.63) is 23.0 Å². The molecule has 1 aromatic heterocycles. The lowest BCUT2D eigenvalue weighted by Crippen LogP contribution is -2.16. The Hall–Kier alpha value is -2.23. The largest absolute Gasteiger partial charge is 0.398 e. The predicted molar refractivity (Wildman–Crippen MR) is 46.8 cm³/mol. The number of primary amides is 1. The summed E-state index contributed by atoms with van der Waals surface area (Å²) in [5.74, 6) is -0.966. The monoisotopic (exact) mass is 212 g/mol. The van der Waals surface area contributed by atoms with Gasteiger partial charge in [0.15, 0.2) is 5.69 Å². The van der Waals surface area contributed by atoms with E-state index in [1.165, 1.54) is 6.07 Å². The van der Waals surface area contributed by atoms with Crippen molar-refractivity contribution < 1.29 is 13.6 Å². The number of nitrogens with zero attached hydrogens (tertiary/aromatic N) is 2. The van der Waals surface area contributed by atoms with Gasteiger partial charge in [-0.25, -0.2) is 13.8 Å². The summed E-state index contributed by atoms with van der Waals surface area (Å²) < 4.78 is 25.0. The maximum atomic E-state index is 12.5. The molecule has 1 amide bonds. The summed E-state index contributed by atoms with van der Waals surface area (Å²) in [6.07, 6.45) is -2.08. The molecule has 0 aliphatic heterocycles. The Morgan fingerprint density at radius 2 is 2.20 bits per heavy atom. The summed E-state index contributed by atoms with van der Waals surface area (Å²) >= 11 is 0. The molecule has 0 bridgehead atoms. The Bertz CT molecular complexity index is 453. The highest BCUT2D eigenvalue weighted by molar-refractivity contribution is 5.98. The van der Waals surface area contributed by atoms with Gasteiger partial charge < -0.3 is 11.5 Å². The maximum absolute atomic E-state index is 12.5. The van der Waals surface area contributed by atoms with Crippen molar-refractivity contribution in [2.24, 2.45) is 5.73 Å². The molecule has 7 heteroatoms. The number of anilines is 1. The van der Waals surface area contributed by atoms with Gasteiger partial charge in [0.2, 0.25) is 0 Å². The highest BCUT2D eigenvalue weighted by atomic mass is 19.3. The van der Waals surface area contributed by atoms with E-state index in [9.17, 15) is 13.6 Å². The number of nitrogens with two attached hydrogens (primary N) is 2. The molecule has 0 saturated carbocycles. The number of aromatic nitrogens is 1. The zero-order valence-electron chi connectivity index (χ0n) is 7.37. The fourth-order valence-corrected chi connectivity index (χ4v) is 1.05. The number of carbonyl (C=O) groups excluding carboxylic acids is 1. The normalized spacial score (nSPS) is 10.0. The van der Waals surface area contributed by atoms with Gasteiger partial charge in [-0.2, -0.15) is 5.26 Å². The molecule has 4 N–H and O–H groups in total. The molecule has 0 aromatic carbocycles. The zero-order valence-corrected chi connectivity index (χ0v) is 7.37. The van der Waals surface area contributed by atoms with Crippen LogP contribution in [0.4, 0.5) is 14.5 Å². The van der Waals surface area contributed by atoms with Crippen LogP contribution >= 0.6 is 0 Å². The second-order valence-electron chi connectivity index (χ2n) is 2.62. The second-order valence-corrected chi connectivity index (χ2v) is 2.62. The van der Waals surface area contributed by atoms with Crippen molar-refractivity contribution in [1.29, 1.82) is 5.26 Å². The standard InChI is InChI=1S/C8H6F2N4O/c9-7(10)5-4(1-11)14-2-3(6(5)12)8(13)15/h2,7H,(H2,12,14)(H2,13,15). The number of hydrogen-bond donors (Lipinski definition) is 2. The first-order valence-electron chi connectivity index (χ1n) is 3.75. The topological polar surface area (TPSA) is 106 Å². The summed E-state index contributed by atoms with van der Waals surface area (Å²) in [6, 6.07) is 1.46. The van der Waals surface area contributed by atoms with Crippen LogP contribution in [0, 0.1) is 11.3 Å². The van der Waals surface area contributed by atoms with Crippen LogP contribution in [0.2, 0.25) is 0 Å². The van der Waals surface area contributed by atoms with Crippen LogP contribution in [0.25, 0.3) is 0 Å². The minimum absolute atomic E-state index is 0.315. The molecule has 15 heavy (non-hydrogen) atoms. The maximum Gasteiger partial charge on any atom is 0.268 e. The van der Waals surface area contributed by atoms with Gasteiger partial charge in [0.05, 0.1) is 16.8 Å². The number of hydrogen-bond acceptors (Lipinski definition) is 4. The van der Waals surface area contributed by atoms with Gasteiger partial charge in [-0.1, -0.05) is 0 Å². The van der Waals surface area contributed by atoms with Crippen molar-refractivity contribution in [3.8, 4) is 6.07 Å². The lowest BCUT2D eigenvalue weighted by Gasteiger charge is -2.08. The summed E-state index contributed by atoms with van der Waals surface area (Å²) in [5.41, 5.74) is 8.10. The number of pyridine rings is 1. The minimum Gasteiger partial charge on any atom is -0.398 e. The molecule has 0 aliphatic rings. The van der Waals surface area contributed by atoms with E-state index in [0.717, 1.165) is 6.20 Å². The molecule has 0 fully saturated rings. The Morgan fingerprint density at radius 3 is 2.60 bits per heavy atom. The van der Waals surface area contributed by atoms with Gasteiger partial charge in [-0.3, -0.25) is 4.79 Å². The Kier molecular flexibility index (Phi) is 2.80. The second kappa shape index (κ2) is 3.88. The van der Waals surface area contributed by atoms with E-state index >= 15 is 0 Å². The Morgan fingerprint density at radius 1 is 1.60 bits per heavy atom. The predicted octanol–water partition coefficient (Wildman–Crippen LogP) is 0.572. The number of rotatable bonds is 2. The number of nitriles is 1. The Labute approximate surface area is 83.3 Å². The fraction of sp³-hybridized carbons (Fsp3) is 0.125. The minimum atomic E-state index is -2.98. The van der Waals surface area contributed by atoms with Gasteiger partial charge in [-0.15, -0.1) is 0 Å². The van der Waals surface area contributed by atoms with E-state index in [1.54, 1.807) is 0 Å². The summed E-state index contributed by atoms with van der Waals surface area (Å²) in [4.78, 5) is 14.1. The van der Waals surface area contributed by atoms with Gasteiger partial charge in [0, 0.05) is 6.20 Å². The van der Waals surface area contributed by atoms with Gasteiger partial charge in [0.1, 0.15) is 6.07 Å². The van der Waals surface area contributed by atoms with Crippen molar-refractivity contribution in [2.45, 2.75) is 6.43 Å². The van der Waals surface area contributed by atoms with E-state index < -0.39 is 29.3 Å². The molecular formula is C8H6F2N4O. The number of amides is 1. The summed E-state index contributed by atoms with van der Waals surface area (Å²) in [6.45, 7) is 0. The molecule has 0 aliphatic carbocycles. The van der Waals surface area contributed by atoms with E-state index in [-0.39, 0.29) is 5.56 Å². The lowest BCUT2D eigenvalue weighted by molar-refractivity contribution is 0.100. The first-order valence-corrected chi connectivity index (χ1v) is 3.75. The highest BCUT2D eigenvalue weighted by Gasteiger charge is 2.22. The van der Waals surface area contributed by atoms with Crippen LogP contribution in [0.1, 0.15) is 28.0 Å². The first-order chi connectivity index (χ1) is 6.99. The van der Waals surface area contributed by atoms with Gasteiger partial charge in [-0.05, 0) is 0 Å². The third kappa shape index (κ3) is 1.83. The van der Waals surface area contributed by atoms with Crippen LogP contribution in [-0.4, -0.2) is 10.9 Å². The zero-order chi connectivity index (χ0) is 11.6. The van der Waals surface area contributed by atoms with E-state index in [1.807, 2.05) is 0 Å². The number of alkyl halides is 2. The Balaban J connectivity index is 3.51. The summed E-state index contributed by atoms with van der Waals surface area (Å²) in [5, 5.41) is 8.50. The molecule has 0 spiro atoms. The molecule has 5 nitrogen and oxygen atoms in total. The van der Waals surface area contributed by atoms with Gasteiger partial charge >= 0.3 is 0 Å². The van der Waals surface area contributed by atoms with Crippen LogP contribution in [-0.2, 0) is 0 Å². The molecule has 0 radical (unpaired) electrons. The SMILES string of the molecule is N#Cc1ncc(C(N)=O)c(N)c1C(F)F. The number of halogens is 2. The molecule has 0 unspecified atom stereocenters. The fourth-order valence-electron chi connectivity index (χ4n) is 1.05.